The lowest BCUT2D eigenvalue weighted by Crippen LogP contribution is -2.23. The van der Waals surface area contributed by atoms with Crippen LogP contribution in [0.2, 0.25) is 0 Å². The van der Waals surface area contributed by atoms with Gasteiger partial charge in [-0.1, -0.05) is 36.6 Å². The predicted octanol–water partition coefficient (Wildman–Crippen LogP) is 4.21. The Morgan fingerprint density at radius 3 is 2.43 bits per heavy atom. The van der Waals surface area contributed by atoms with Gasteiger partial charge in [0.2, 0.25) is 15.9 Å². The summed E-state index contributed by atoms with van der Waals surface area (Å²) in [5.74, 6) is 4.12. The van der Waals surface area contributed by atoms with Gasteiger partial charge in [-0.2, -0.15) is 16.7 Å². The summed E-state index contributed by atoms with van der Waals surface area (Å²) in [6, 6.07) is 7.31. The van der Waals surface area contributed by atoms with Crippen molar-refractivity contribution in [3.63, 3.8) is 0 Å². The van der Waals surface area contributed by atoms with Crippen molar-refractivity contribution in [3.8, 4) is 0 Å². The first-order valence-corrected chi connectivity index (χ1v) is 12.8. The molecule has 0 bridgehead atoms. The average Bonchev–Trinajstić information content (AvgIpc) is 3.23. The molecule has 2 aromatic rings. The van der Waals surface area contributed by atoms with E-state index in [-0.39, 0.29) is 11.4 Å². The quantitative estimate of drug-likeness (QED) is 0.752. The summed E-state index contributed by atoms with van der Waals surface area (Å²) < 4.78 is 33.0. The Morgan fingerprint density at radius 2 is 1.71 bits per heavy atom. The molecule has 152 valence electrons. The van der Waals surface area contributed by atoms with E-state index in [2.05, 4.69) is 14.9 Å². The second-order valence-corrected chi connectivity index (χ2v) is 10.7. The Bertz CT molecular complexity index is 868. The summed E-state index contributed by atoms with van der Waals surface area (Å²) in [5.41, 5.74) is 1.24. The van der Waals surface area contributed by atoms with Crippen LogP contribution in [0, 0.1) is 0 Å². The maximum Gasteiger partial charge on any atom is 0.241 e. The van der Waals surface area contributed by atoms with Crippen LogP contribution >= 0.6 is 11.8 Å². The average molecular weight is 422 g/mol. The molecule has 0 radical (unpaired) electrons. The van der Waals surface area contributed by atoms with Crippen LogP contribution < -0.4 is 4.72 Å². The maximum atomic E-state index is 12.6. The highest BCUT2D eigenvalue weighted by molar-refractivity contribution is 7.99. The van der Waals surface area contributed by atoms with E-state index in [4.69, 9.17) is 4.52 Å². The van der Waals surface area contributed by atoms with Crippen molar-refractivity contribution in [2.45, 2.75) is 68.2 Å². The van der Waals surface area contributed by atoms with Crippen LogP contribution in [0.5, 0.6) is 0 Å². The van der Waals surface area contributed by atoms with E-state index in [1.807, 2.05) is 23.9 Å². The minimum absolute atomic E-state index is 0.0151. The highest BCUT2D eigenvalue weighted by Gasteiger charge is 2.22. The highest BCUT2D eigenvalue weighted by atomic mass is 32.2. The number of hydrogen-bond acceptors (Lipinski definition) is 6. The number of nitrogens with one attached hydrogen (secondary N) is 1. The number of sulfonamides is 1. The molecule has 1 aromatic carbocycles. The Balaban J connectivity index is 1.36. The van der Waals surface area contributed by atoms with Crippen LogP contribution in [-0.4, -0.2) is 30.1 Å². The number of hydrogen-bond donors (Lipinski definition) is 1. The minimum atomic E-state index is -3.60. The minimum Gasteiger partial charge on any atom is -0.338 e. The molecule has 1 aliphatic carbocycles. The van der Waals surface area contributed by atoms with Gasteiger partial charge in [-0.15, -0.1) is 0 Å². The summed E-state index contributed by atoms with van der Waals surface area (Å²) in [6.45, 7) is 0.0151. The maximum absolute atomic E-state index is 12.6. The number of rotatable bonds is 6. The van der Waals surface area contributed by atoms with Crippen LogP contribution in [0.4, 0.5) is 0 Å². The molecule has 0 amide bonds. The Hall–Kier alpha value is -1.38. The molecule has 6 nitrogen and oxygen atoms in total. The lowest BCUT2D eigenvalue weighted by Gasteiger charge is -2.22. The smallest absolute Gasteiger partial charge is 0.241 e. The Kier molecular flexibility index (Phi) is 6.38. The van der Waals surface area contributed by atoms with Crippen LogP contribution in [-0.2, 0) is 16.6 Å². The van der Waals surface area contributed by atoms with Gasteiger partial charge in [0, 0.05) is 5.92 Å². The van der Waals surface area contributed by atoms with E-state index in [1.165, 1.54) is 37.7 Å². The molecule has 0 spiro atoms. The van der Waals surface area contributed by atoms with Crippen molar-refractivity contribution in [1.29, 1.82) is 0 Å². The van der Waals surface area contributed by atoms with E-state index >= 15 is 0 Å². The van der Waals surface area contributed by atoms with Crippen molar-refractivity contribution in [3.05, 3.63) is 41.5 Å². The van der Waals surface area contributed by atoms with Crippen LogP contribution in [0.15, 0.2) is 33.7 Å². The second kappa shape index (κ2) is 8.97. The molecule has 1 saturated heterocycles. The molecule has 1 aromatic heterocycles. The van der Waals surface area contributed by atoms with Gasteiger partial charge in [-0.25, -0.2) is 13.1 Å². The zero-order chi connectivity index (χ0) is 19.4. The Labute approximate surface area is 170 Å². The fourth-order valence-corrected chi connectivity index (χ4v) is 6.14. The lowest BCUT2D eigenvalue weighted by atomic mass is 9.84. The van der Waals surface area contributed by atoms with E-state index in [9.17, 15) is 8.42 Å². The van der Waals surface area contributed by atoms with Gasteiger partial charge < -0.3 is 4.52 Å². The van der Waals surface area contributed by atoms with E-state index < -0.39 is 10.0 Å². The zero-order valence-electron chi connectivity index (χ0n) is 16.0. The number of benzene rings is 1. The topological polar surface area (TPSA) is 85.1 Å². The molecule has 2 aliphatic rings. The predicted molar refractivity (Wildman–Crippen MR) is 110 cm³/mol. The molecular formula is C20H27N3O3S2. The number of thioether (sulfide) groups is 1. The number of nitrogens with zero attached hydrogens (tertiary/aromatic N) is 2. The van der Waals surface area contributed by atoms with Crippen LogP contribution in [0.1, 0.15) is 74.1 Å². The molecule has 1 aliphatic heterocycles. The highest BCUT2D eigenvalue weighted by Crippen LogP contribution is 2.33. The molecule has 0 atom stereocenters. The molecule has 2 heterocycles. The first-order chi connectivity index (χ1) is 13.6. The van der Waals surface area contributed by atoms with E-state index in [0.717, 1.165) is 24.3 Å². The summed E-state index contributed by atoms with van der Waals surface area (Å²) in [5, 5.41) is 4.05. The molecule has 1 N–H and O–H groups in total. The molecule has 1 saturated carbocycles. The van der Waals surface area contributed by atoms with E-state index in [0.29, 0.717) is 23.6 Å². The van der Waals surface area contributed by atoms with Gasteiger partial charge in [0.05, 0.1) is 11.4 Å². The van der Waals surface area contributed by atoms with Crippen molar-refractivity contribution in [1.82, 2.24) is 14.9 Å². The monoisotopic (exact) mass is 421 g/mol. The first kappa shape index (κ1) is 19.9. The lowest BCUT2D eigenvalue weighted by molar-refractivity contribution is 0.365. The normalized spacial score (nSPS) is 19.7. The fraction of sp³-hybridized carbons (Fsp3) is 0.600. The van der Waals surface area contributed by atoms with Gasteiger partial charge in [-0.3, -0.25) is 0 Å². The summed E-state index contributed by atoms with van der Waals surface area (Å²) in [6.07, 6.45) is 8.32. The molecule has 8 heteroatoms. The standard InChI is InChI=1S/C20H27N3O3S2/c24-28(25,18-8-6-16(7-9-18)15-4-2-1-3-5-15)21-14-19-22-20(23-26-19)17-10-12-27-13-11-17/h6-9,15,17,21H,1-5,10-14H2. The molecule has 28 heavy (non-hydrogen) atoms. The summed E-state index contributed by atoms with van der Waals surface area (Å²) in [4.78, 5) is 4.67. The van der Waals surface area contributed by atoms with Crippen molar-refractivity contribution >= 4 is 21.8 Å². The van der Waals surface area contributed by atoms with E-state index in [1.54, 1.807) is 12.1 Å². The van der Waals surface area contributed by atoms with Crippen molar-refractivity contribution in [2.75, 3.05) is 11.5 Å². The third-order valence-corrected chi connectivity index (χ3v) is 8.22. The summed E-state index contributed by atoms with van der Waals surface area (Å²) in [7, 11) is -3.60. The third kappa shape index (κ3) is 4.78. The van der Waals surface area contributed by atoms with Gasteiger partial charge in [0.1, 0.15) is 0 Å². The SMILES string of the molecule is O=S(=O)(NCc1nc(C2CCSCC2)no1)c1ccc(C2CCCCC2)cc1. The molecule has 0 unspecified atom stereocenters. The van der Waals surface area contributed by atoms with Crippen LogP contribution in [0.25, 0.3) is 0 Å². The van der Waals surface area contributed by atoms with Gasteiger partial charge in [0.15, 0.2) is 5.82 Å². The second-order valence-electron chi connectivity index (χ2n) is 7.66. The van der Waals surface area contributed by atoms with Gasteiger partial charge in [-0.05, 0) is 60.8 Å². The first-order valence-electron chi connectivity index (χ1n) is 10.1. The third-order valence-electron chi connectivity index (χ3n) is 5.75. The number of aromatic nitrogens is 2. The Morgan fingerprint density at radius 1 is 1.00 bits per heavy atom. The zero-order valence-corrected chi connectivity index (χ0v) is 17.6. The van der Waals surface area contributed by atoms with Gasteiger partial charge in [0.25, 0.3) is 0 Å². The largest absolute Gasteiger partial charge is 0.338 e. The van der Waals surface area contributed by atoms with Crippen molar-refractivity contribution in [2.24, 2.45) is 0 Å². The molecular weight excluding hydrogens is 394 g/mol. The molecule has 4 rings (SSSR count). The van der Waals surface area contributed by atoms with Crippen molar-refractivity contribution < 1.29 is 12.9 Å². The summed E-state index contributed by atoms with van der Waals surface area (Å²) >= 11 is 1.94. The molecule has 2 fully saturated rings. The van der Waals surface area contributed by atoms with Crippen LogP contribution in [0.3, 0.4) is 0 Å². The fourth-order valence-electron chi connectivity index (χ4n) is 4.06. The van der Waals surface area contributed by atoms with Gasteiger partial charge >= 0.3 is 0 Å².